The molecule has 0 bridgehead atoms. The average molecular weight is 173 g/mol. The molecule has 0 aromatic carbocycles. The largest absolute Gasteiger partial charge is 0.360 e. The standard InChI is InChI=1S/C6H11N3O3/c10-5-3-7-1-2-12-4-8-6(11)9-5/h7H,1-4H2,(H2,8,9,10,11). The van der Waals surface area contributed by atoms with Crippen LogP contribution in [0.3, 0.4) is 0 Å². The average Bonchev–Trinajstić information content (AvgIpc) is 2.02. The number of rotatable bonds is 0. The van der Waals surface area contributed by atoms with Crippen LogP contribution in [0.1, 0.15) is 0 Å². The van der Waals surface area contributed by atoms with Crippen molar-refractivity contribution in [3.8, 4) is 0 Å². The molecule has 68 valence electrons. The summed E-state index contributed by atoms with van der Waals surface area (Å²) >= 11 is 0. The molecule has 12 heavy (non-hydrogen) atoms. The second kappa shape index (κ2) is 4.68. The Morgan fingerprint density at radius 1 is 1.33 bits per heavy atom. The van der Waals surface area contributed by atoms with Crippen molar-refractivity contribution in [1.29, 1.82) is 0 Å². The van der Waals surface area contributed by atoms with E-state index < -0.39 is 6.03 Å². The summed E-state index contributed by atoms with van der Waals surface area (Å²) in [6.07, 6.45) is 0. The molecule has 3 N–H and O–H groups in total. The van der Waals surface area contributed by atoms with E-state index in [-0.39, 0.29) is 19.2 Å². The van der Waals surface area contributed by atoms with Crippen molar-refractivity contribution >= 4 is 11.9 Å². The van der Waals surface area contributed by atoms with E-state index in [1.807, 2.05) is 0 Å². The fourth-order valence-electron chi connectivity index (χ4n) is 0.750. The highest BCUT2D eigenvalue weighted by Crippen LogP contribution is 1.75. The molecule has 1 aliphatic rings. The summed E-state index contributed by atoms with van der Waals surface area (Å²) in [5.74, 6) is -0.339. The third-order valence-electron chi connectivity index (χ3n) is 1.30. The molecule has 0 unspecified atom stereocenters. The Labute approximate surface area is 69.6 Å². The van der Waals surface area contributed by atoms with E-state index in [9.17, 15) is 9.59 Å². The molecule has 0 saturated carbocycles. The maximum absolute atomic E-state index is 10.8. The molecular formula is C6H11N3O3. The highest BCUT2D eigenvalue weighted by Gasteiger charge is 2.07. The van der Waals surface area contributed by atoms with Gasteiger partial charge in [-0.25, -0.2) is 4.79 Å². The van der Waals surface area contributed by atoms with Gasteiger partial charge in [-0.3, -0.25) is 10.1 Å². The lowest BCUT2D eigenvalue weighted by Gasteiger charge is -2.11. The maximum Gasteiger partial charge on any atom is 0.323 e. The SMILES string of the molecule is O=C1CNCCOCNC(=O)N1. The lowest BCUT2D eigenvalue weighted by atomic mass is 10.5. The van der Waals surface area contributed by atoms with Crippen LogP contribution in [0, 0.1) is 0 Å². The molecule has 0 aromatic rings. The van der Waals surface area contributed by atoms with Gasteiger partial charge in [0.1, 0.15) is 6.73 Å². The second-order valence-corrected chi connectivity index (χ2v) is 2.28. The smallest absolute Gasteiger partial charge is 0.323 e. The Morgan fingerprint density at radius 2 is 2.17 bits per heavy atom. The normalized spacial score (nSPS) is 21.0. The minimum atomic E-state index is -0.524. The first-order chi connectivity index (χ1) is 5.79. The van der Waals surface area contributed by atoms with Gasteiger partial charge in [0.2, 0.25) is 5.91 Å². The van der Waals surface area contributed by atoms with Crippen LogP contribution < -0.4 is 16.0 Å². The summed E-state index contributed by atoms with van der Waals surface area (Å²) in [5.41, 5.74) is 0. The van der Waals surface area contributed by atoms with Crippen LogP contribution in [0.15, 0.2) is 0 Å². The number of carbonyl (C=O) groups excluding carboxylic acids is 2. The first kappa shape index (κ1) is 8.95. The number of urea groups is 1. The molecule has 0 aromatic heterocycles. The first-order valence-electron chi connectivity index (χ1n) is 3.65. The van der Waals surface area contributed by atoms with E-state index in [4.69, 9.17) is 4.74 Å². The third kappa shape index (κ3) is 3.31. The van der Waals surface area contributed by atoms with Crippen LogP contribution >= 0.6 is 0 Å². The van der Waals surface area contributed by atoms with Gasteiger partial charge >= 0.3 is 6.03 Å². The summed E-state index contributed by atoms with van der Waals surface area (Å²) in [6, 6.07) is -0.524. The van der Waals surface area contributed by atoms with Gasteiger partial charge in [0.15, 0.2) is 0 Å². The van der Waals surface area contributed by atoms with Crippen LogP contribution in [0.5, 0.6) is 0 Å². The maximum atomic E-state index is 10.8. The van der Waals surface area contributed by atoms with Crippen LogP contribution in [0.25, 0.3) is 0 Å². The zero-order valence-corrected chi connectivity index (χ0v) is 6.55. The second-order valence-electron chi connectivity index (χ2n) is 2.28. The molecule has 3 amide bonds. The molecule has 6 heteroatoms. The van der Waals surface area contributed by atoms with Crippen molar-refractivity contribution in [3.05, 3.63) is 0 Å². The van der Waals surface area contributed by atoms with Gasteiger partial charge in [-0.05, 0) is 0 Å². The first-order valence-corrected chi connectivity index (χ1v) is 3.65. The molecule has 1 rings (SSSR count). The monoisotopic (exact) mass is 173 g/mol. The molecule has 6 nitrogen and oxygen atoms in total. The van der Waals surface area contributed by atoms with Crippen molar-refractivity contribution < 1.29 is 14.3 Å². The number of nitrogens with one attached hydrogen (secondary N) is 3. The van der Waals surface area contributed by atoms with E-state index in [1.54, 1.807) is 0 Å². The summed E-state index contributed by atoms with van der Waals surface area (Å²) in [7, 11) is 0. The van der Waals surface area contributed by atoms with Gasteiger partial charge < -0.3 is 15.4 Å². The van der Waals surface area contributed by atoms with Crippen LogP contribution in [-0.4, -0.2) is 38.4 Å². The van der Waals surface area contributed by atoms with Gasteiger partial charge in [0.25, 0.3) is 0 Å². The van der Waals surface area contributed by atoms with E-state index in [1.165, 1.54) is 0 Å². The predicted octanol–water partition coefficient (Wildman–Crippen LogP) is -1.61. The molecular weight excluding hydrogens is 162 g/mol. The van der Waals surface area contributed by atoms with E-state index in [2.05, 4.69) is 16.0 Å². The van der Waals surface area contributed by atoms with E-state index in [0.717, 1.165) is 0 Å². The number of imide groups is 1. The Hall–Kier alpha value is -1.14. The number of hydrogen-bond acceptors (Lipinski definition) is 4. The Morgan fingerprint density at radius 3 is 3.00 bits per heavy atom. The summed E-state index contributed by atoms with van der Waals surface area (Å²) in [5, 5.41) is 7.29. The topological polar surface area (TPSA) is 79.5 Å². The van der Waals surface area contributed by atoms with Crippen LogP contribution in [0.4, 0.5) is 4.79 Å². The number of ether oxygens (including phenoxy) is 1. The van der Waals surface area contributed by atoms with Crippen LogP contribution in [0.2, 0.25) is 0 Å². The molecule has 0 spiro atoms. The lowest BCUT2D eigenvalue weighted by molar-refractivity contribution is -0.119. The van der Waals surface area contributed by atoms with Gasteiger partial charge in [0.05, 0.1) is 13.2 Å². The number of amides is 3. The fourth-order valence-corrected chi connectivity index (χ4v) is 0.750. The van der Waals surface area contributed by atoms with Gasteiger partial charge in [-0.15, -0.1) is 0 Å². The molecule has 0 radical (unpaired) electrons. The third-order valence-corrected chi connectivity index (χ3v) is 1.30. The fraction of sp³-hybridized carbons (Fsp3) is 0.667. The molecule has 1 fully saturated rings. The summed E-state index contributed by atoms with van der Waals surface area (Å²) in [6.45, 7) is 1.34. The van der Waals surface area contributed by atoms with Gasteiger partial charge in [-0.1, -0.05) is 0 Å². The minimum absolute atomic E-state index is 0.126. The number of hydrogen-bond donors (Lipinski definition) is 3. The Bertz CT molecular complexity index is 165. The van der Waals surface area contributed by atoms with Crippen LogP contribution in [-0.2, 0) is 9.53 Å². The minimum Gasteiger partial charge on any atom is -0.360 e. The van der Waals surface area contributed by atoms with Gasteiger partial charge in [-0.2, -0.15) is 0 Å². The Kier molecular flexibility index (Phi) is 3.49. The van der Waals surface area contributed by atoms with E-state index in [0.29, 0.717) is 13.2 Å². The zero-order valence-electron chi connectivity index (χ0n) is 6.55. The van der Waals surface area contributed by atoms with Gasteiger partial charge in [0, 0.05) is 6.54 Å². The molecule has 0 atom stereocenters. The molecule has 0 aliphatic carbocycles. The Balaban J connectivity index is 2.34. The molecule has 1 heterocycles. The highest BCUT2D eigenvalue weighted by molar-refractivity contribution is 5.95. The van der Waals surface area contributed by atoms with Crippen molar-refractivity contribution in [2.24, 2.45) is 0 Å². The summed E-state index contributed by atoms with van der Waals surface area (Å²) in [4.78, 5) is 21.6. The molecule has 1 aliphatic heterocycles. The zero-order chi connectivity index (χ0) is 8.81. The number of carbonyl (C=O) groups is 2. The van der Waals surface area contributed by atoms with E-state index >= 15 is 0 Å². The van der Waals surface area contributed by atoms with Crippen molar-refractivity contribution in [2.45, 2.75) is 0 Å². The van der Waals surface area contributed by atoms with Crippen molar-refractivity contribution in [3.63, 3.8) is 0 Å². The predicted molar refractivity (Wildman–Crippen MR) is 40.4 cm³/mol. The lowest BCUT2D eigenvalue weighted by Crippen LogP contribution is -2.46. The van der Waals surface area contributed by atoms with Crippen molar-refractivity contribution in [2.75, 3.05) is 26.4 Å². The summed E-state index contributed by atoms with van der Waals surface area (Å²) < 4.78 is 4.97. The highest BCUT2D eigenvalue weighted by atomic mass is 16.5. The molecule has 1 saturated heterocycles. The van der Waals surface area contributed by atoms with Crippen molar-refractivity contribution in [1.82, 2.24) is 16.0 Å². The quantitative estimate of drug-likeness (QED) is 0.412.